The minimum atomic E-state index is -0.364. The number of carbonyl (C=O) groups is 2. The van der Waals surface area contributed by atoms with E-state index in [9.17, 15) is 9.59 Å². The van der Waals surface area contributed by atoms with Crippen molar-refractivity contribution >= 4 is 11.9 Å². The van der Waals surface area contributed by atoms with Gasteiger partial charge in [-0.3, -0.25) is 4.79 Å². The molecule has 5 heteroatoms. The molecule has 3 rings (SSSR count). The third-order valence-corrected chi connectivity index (χ3v) is 5.31. The Bertz CT molecular complexity index is 768. The van der Waals surface area contributed by atoms with Gasteiger partial charge in [-0.1, -0.05) is 54.6 Å². The van der Waals surface area contributed by atoms with E-state index >= 15 is 0 Å². The Hall–Kier alpha value is -2.66. The Labute approximate surface area is 172 Å². The average molecular weight is 395 g/mol. The molecule has 0 spiro atoms. The van der Waals surface area contributed by atoms with Gasteiger partial charge in [0.05, 0.1) is 12.3 Å². The Morgan fingerprint density at radius 1 is 0.931 bits per heavy atom. The highest BCUT2D eigenvalue weighted by Crippen LogP contribution is 2.12. The number of nitrogens with one attached hydrogen (secondary N) is 2. The highest BCUT2D eigenvalue weighted by molar-refractivity contribution is 5.80. The second-order valence-corrected chi connectivity index (χ2v) is 7.68. The van der Waals surface area contributed by atoms with Crippen molar-refractivity contribution in [2.24, 2.45) is 5.92 Å². The van der Waals surface area contributed by atoms with Gasteiger partial charge in [0.2, 0.25) is 0 Å². The number of aryl methyl sites for hydroxylation is 2. The molecule has 1 aliphatic rings. The molecule has 1 saturated heterocycles. The molecule has 1 amide bonds. The zero-order valence-electron chi connectivity index (χ0n) is 16.9. The van der Waals surface area contributed by atoms with Crippen LogP contribution in [0, 0.1) is 5.92 Å². The second kappa shape index (κ2) is 11.4. The fourth-order valence-corrected chi connectivity index (χ4v) is 3.59. The first-order chi connectivity index (χ1) is 14.2. The highest BCUT2D eigenvalue weighted by atomic mass is 16.7. The van der Waals surface area contributed by atoms with Crippen LogP contribution in [-0.2, 0) is 33.7 Å². The molecule has 2 aromatic rings. The molecule has 5 nitrogen and oxygen atoms in total. The third-order valence-electron chi connectivity index (χ3n) is 5.31. The van der Waals surface area contributed by atoms with E-state index in [1.165, 1.54) is 11.1 Å². The van der Waals surface area contributed by atoms with Gasteiger partial charge in [-0.15, -0.1) is 0 Å². The van der Waals surface area contributed by atoms with E-state index in [-0.39, 0.29) is 24.2 Å². The lowest BCUT2D eigenvalue weighted by Gasteiger charge is -2.20. The van der Waals surface area contributed by atoms with Crippen LogP contribution in [0.1, 0.15) is 42.4 Å². The number of hydrogen-bond acceptors (Lipinski definition) is 4. The van der Waals surface area contributed by atoms with E-state index in [1.807, 2.05) is 18.2 Å². The number of hydrogen-bond donors (Lipinski definition) is 2. The minimum absolute atomic E-state index is 0.176. The van der Waals surface area contributed by atoms with Gasteiger partial charge < -0.3 is 10.2 Å². The number of hydroxylamine groups is 1. The summed E-state index contributed by atoms with van der Waals surface area (Å²) in [4.78, 5) is 28.9. The van der Waals surface area contributed by atoms with Gasteiger partial charge in [0.15, 0.2) is 0 Å². The molecule has 0 aliphatic carbocycles. The van der Waals surface area contributed by atoms with E-state index in [0.717, 1.165) is 50.6 Å². The topological polar surface area (TPSA) is 67.4 Å². The zero-order chi connectivity index (χ0) is 20.3. The summed E-state index contributed by atoms with van der Waals surface area (Å²) >= 11 is 0. The standard InChI is InChI=1S/C24H30N2O3/c27-23(26-29-24(28)22-11-6-16-25-18-22)17-21-14-12-20(13-15-21)10-5-4-9-19-7-2-1-3-8-19/h1-3,7-8,12-15,22,25H,4-6,9-11,16-18H2,(H,26,27). The number of benzene rings is 2. The average Bonchev–Trinajstić information content (AvgIpc) is 2.77. The molecule has 1 aliphatic heterocycles. The summed E-state index contributed by atoms with van der Waals surface area (Å²) in [5.74, 6) is -0.848. The highest BCUT2D eigenvalue weighted by Gasteiger charge is 2.23. The molecular weight excluding hydrogens is 364 g/mol. The van der Waals surface area contributed by atoms with E-state index in [2.05, 4.69) is 47.2 Å². The smallest absolute Gasteiger partial charge is 0.336 e. The summed E-state index contributed by atoms with van der Waals surface area (Å²) in [6, 6.07) is 18.6. The number of amides is 1. The Kier molecular flexibility index (Phi) is 8.25. The third kappa shape index (κ3) is 7.35. The van der Waals surface area contributed by atoms with Gasteiger partial charge in [0.25, 0.3) is 5.91 Å². The van der Waals surface area contributed by atoms with Crippen molar-refractivity contribution in [3.05, 3.63) is 71.3 Å². The van der Waals surface area contributed by atoms with Crippen LogP contribution < -0.4 is 10.8 Å². The van der Waals surface area contributed by atoms with E-state index in [4.69, 9.17) is 4.84 Å². The van der Waals surface area contributed by atoms with Crippen LogP contribution in [0.3, 0.4) is 0 Å². The molecule has 154 valence electrons. The van der Waals surface area contributed by atoms with Gasteiger partial charge in [-0.2, -0.15) is 5.48 Å². The molecule has 0 bridgehead atoms. The maximum atomic E-state index is 12.0. The molecule has 0 aromatic heterocycles. The van der Waals surface area contributed by atoms with E-state index < -0.39 is 0 Å². The van der Waals surface area contributed by atoms with E-state index in [1.54, 1.807) is 0 Å². The van der Waals surface area contributed by atoms with Crippen molar-refractivity contribution < 1.29 is 14.4 Å². The van der Waals surface area contributed by atoms with Crippen molar-refractivity contribution in [3.8, 4) is 0 Å². The molecule has 29 heavy (non-hydrogen) atoms. The summed E-state index contributed by atoms with van der Waals surface area (Å²) < 4.78 is 0. The predicted octanol–water partition coefficient (Wildman–Crippen LogP) is 3.37. The van der Waals surface area contributed by atoms with Gasteiger partial charge >= 0.3 is 5.97 Å². The molecule has 1 atom stereocenters. The number of unbranched alkanes of at least 4 members (excludes halogenated alkanes) is 1. The first-order valence-electron chi connectivity index (χ1n) is 10.5. The maximum Gasteiger partial charge on any atom is 0.336 e. The van der Waals surface area contributed by atoms with Crippen LogP contribution in [0.4, 0.5) is 0 Å². The summed E-state index contributed by atoms with van der Waals surface area (Å²) in [5, 5.41) is 3.16. The molecule has 1 heterocycles. The van der Waals surface area contributed by atoms with Crippen LogP contribution in [0.25, 0.3) is 0 Å². The lowest BCUT2D eigenvalue weighted by molar-refractivity contribution is -0.162. The van der Waals surface area contributed by atoms with Crippen molar-refractivity contribution in [2.45, 2.75) is 44.9 Å². The van der Waals surface area contributed by atoms with Gasteiger partial charge in [0, 0.05) is 6.54 Å². The molecule has 0 saturated carbocycles. The quantitative estimate of drug-likeness (QED) is 0.532. The molecular formula is C24H30N2O3. The molecule has 1 unspecified atom stereocenters. The Morgan fingerprint density at radius 2 is 1.59 bits per heavy atom. The van der Waals surface area contributed by atoms with Crippen LogP contribution in [0.2, 0.25) is 0 Å². The summed E-state index contributed by atoms with van der Waals surface area (Å²) in [6.45, 7) is 1.54. The van der Waals surface area contributed by atoms with Crippen LogP contribution >= 0.6 is 0 Å². The fraction of sp³-hybridized carbons (Fsp3) is 0.417. The number of carbonyl (C=O) groups excluding carboxylic acids is 2. The Balaban J connectivity index is 1.33. The lowest BCUT2D eigenvalue weighted by atomic mass is 10.0. The summed E-state index contributed by atoms with van der Waals surface area (Å²) in [7, 11) is 0. The van der Waals surface area contributed by atoms with Crippen LogP contribution in [0.15, 0.2) is 54.6 Å². The van der Waals surface area contributed by atoms with E-state index in [0.29, 0.717) is 6.54 Å². The van der Waals surface area contributed by atoms with Crippen LogP contribution in [0.5, 0.6) is 0 Å². The SMILES string of the molecule is O=C(Cc1ccc(CCCCc2ccccc2)cc1)NOC(=O)C1CCCNC1. The normalized spacial score (nSPS) is 16.2. The van der Waals surface area contributed by atoms with Crippen molar-refractivity contribution in [1.29, 1.82) is 0 Å². The zero-order valence-corrected chi connectivity index (χ0v) is 16.9. The first kappa shape index (κ1) is 21.1. The second-order valence-electron chi connectivity index (χ2n) is 7.68. The first-order valence-corrected chi connectivity index (χ1v) is 10.5. The van der Waals surface area contributed by atoms with Crippen molar-refractivity contribution in [1.82, 2.24) is 10.8 Å². The largest absolute Gasteiger partial charge is 0.340 e. The van der Waals surface area contributed by atoms with Crippen LogP contribution in [-0.4, -0.2) is 25.0 Å². The number of piperidine rings is 1. The molecule has 1 fully saturated rings. The monoisotopic (exact) mass is 394 g/mol. The Morgan fingerprint density at radius 3 is 2.24 bits per heavy atom. The van der Waals surface area contributed by atoms with Crippen molar-refractivity contribution in [2.75, 3.05) is 13.1 Å². The minimum Gasteiger partial charge on any atom is -0.340 e. The summed E-state index contributed by atoms with van der Waals surface area (Å²) in [6.07, 6.45) is 6.39. The van der Waals surface area contributed by atoms with Gasteiger partial charge in [-0.05, 0) is 61.8 Å². The molecule has 0 radical (unpaired) electrons. The summed E-state index contributed by atoms with van der Waals surface area (Å²) in [5.41, 5.74) is 5.85. The molecule has 2 aromatic carbocycles. The van der Waals surface area contributed by atoms with Gasteiger partial charge in [0.1, 0.15) is 0 Å². The fourth-order valence-electron chi connectivity index (χ4n) is 3.59. The maximum absolute atomic E-state index is 12.0. The lowest BCUT2D eigenvalue weighted by Crippen LogP contribution is -2.38. The van der Waals surface area contributed by atoms with Crippen molar-refractivity contribution in [3.63, 3.8) is 0 Å². The predicted molar refractivity (Wildman–Crippen MR) is 113 cm³/mol. The number of rotatable bonds is 8. The molecule has 2 N–H and O–H groups in total. The van der Waals surface area contributed by atoms with Gasteiger partial charge in [-0.25, -0.2) is 4.79 Å².